The minimum absolute atomic E-state index is 0.125. The average molecular weight is 263 g/mol. The van der Waals surface area contributed by atoms with Crippen LogP contribution in [0.5, 0.6) is 5.75 Å². The van der Waals surface area contributed by atoms with Crippen LogP contribution >= 0.6 is 27.5 Å². The topological polar surface area (TPSA) is 46.2 Å². The fourth-order valence-electron chi connectivity index (χ4n) is 0.945. The van der Waals surface area contributed by atoms with Gasteiger partial charge in [0.05, 0.1) is 4.47 Å². The quantitative estimate of drug-likeness (QED) is 0.861. The molecule has 1 aromatic rings. The zero-order chi connectivity index (χ0) is 10.0. The van der Waals surface area contributed by atoms with Crippen molar-refractivity contribution in [2.24, 2.45) is 5.73 Å². The van der Waals surface area contributed by atoms with Gasteiger partial charge in [0.15, 0.2) is 0 Å². The number of benzene rings is 1. The summed E-state index contributed by atoms with van der Waals surface area (Å²) in [7, 11) is 0. The Labute approximate surface area is 90.1 Å². The first kappa shape index (κ1) is 10.6. The van der Waals surface area contributed by atoms with Crippen LogP contribution in [0.3, 0.4) is 0 Å². The highest BCUT2D eigenvalue weighted by molar-refractivity contribution is 9.10. The number of phenolic OH excluding ortho intramolecular Hbond substituents is 1. The van der Waals surface area contributed by atoms with Gasteiger partial charge >= 0.3 is 0 Å². The molecule has 0 saturated heterocycles. The molecule has 3 N–H and O–H groups in total. The number of nitrogens with two attached hydrogens (primary N) is 1. The summed E-state index contributed by atoms with van der Waals surface area (Å²) in [6, 6.07) is 3.25. The Bertz CT molecular complexity index is 352. The highest BCUT2D eigenvalue weighted by atomic mass is 79.9. The first-order valence-corrected chi connectivity index (χ1v) is 4.79. The average Bonchev–Trinajstić information content (AvgIpc) is 2.10. The standard InChI is InChI=1S/C9H9BrClNO/c1-5(4-12)7-2-6(11)3-8(10)9(7)13/h2-3,13H,1,4,12H2. The van der Waals surface area contributed by atoms with Crippen molar-refractivity contribution in [3.8, 4) is 5.75 Å². The Morgan fingerprint density at radius 2 is 2.23 bits per heavy atom. The van der Waals surface area contributed by atoms with E-state index in [1.165, 1.54) is 0 Å². The van der Waals surface area contributed by atoms with Crippen LogP contribution in [0.1, 0.15) is 5.56 Å². The molecular formula is C9H9BrClNO. The predicted octanol–water partition coefficient (Wildman–Crippen LogP) is 2.78. The van der Waals surface area contributed by atoms with E-state index in [0.717, 1.165) is 0 Å². The Balaban J connectivity index is 3.28. The smallest absolute Gasteiger partial charge is 0.137 e. The Hall–Kier alpha value is -0.510. The molecule has 0 unspecified atom stereocenters. The summed E-state index contributed by atoms with van der Waals surface area (Å²) in [4.78, 5) is 0. The molecule has 13 heavy (non-hydrogen) atoms. The second-order valence-corrected chi connectivity index (χ2v) is 3.88. The molecule has 0 bridgehead atoms. The van der Waals surface area contributed by atoms with Crippen LogP contribution in [-0.4, -0.2) is 11.7 Å². The fraction of sp³-hybridized carbons (Fsp3) is 0.111. The lowest BCUT2D eigenvalue weighted by Crippen LogP contribution is -2.01. The van der Waals surface area contributed by atoms with Crippen molar-refractivity contribution in [1.29, 1.82) is 0 Å². The third kappa shape index (κ3) is 2.24. The molecule has 0 saturated carbocycles. The molecule has 2 nitrogen and oxygen atoms in total. The molecule has 0 radical (unpaired) electrons. The van der Waals surface area contributed by atoms with Gasteiger partial charge in [0.2, 0.25) is 0 Å². The maximum absolute atomic E-state index is 9.60. The normalized spacial score (nSPS) is 10.1. The summed E-state index contributed by atoms with van der Waals surface area (Å²) in [5, 5.41) is 10.1. The van der Waals surface area contributed by atoms with Crippen LogP contribution in [-0.2, 0) is 0 Å². The van der Waals surface area contributed by atoms with Gasteiger partial charge in [-0.1, -0.05) is 18.2 Å². The highest BCUT2D eigenvalue weighted by Gasteiger charge is 2.08. The van der Waals surface area contributed by atoms with Crippen molar-refractivity contribution in [3.05, 3.63) is 33.8 Å². The maximum atomic E-state index is 9.60. The maximum Gasteiger partial charge on any atom is 0.137 e. The van der Waals surface area contributed by atoms with E-state index in [1.807, 2.05) is 0 Å². The first-order chi connectivity index (χ1) is 6.06. The predicted molar refractivity (Wildman–Crippen MR) is 58.9 cm³/mol. The Morgan fingerprint density at radius 3 is 2.77 bits per heavy atom. The molecule has 4 heteroatoms. The lowest BCUT2D eigenvalue weighted by atomic mass is 10.1. The van der Waals surface area contributed by atoms with E-state index < -0.39 is 0 Å². The van der Waals surface area contributed by atoms with Crippen LogP contribution in [0.25, 0.3) is 5.57 Å². The first-order valence-electron chi connectivity index (χ1n) is 3.62. The minimum atomic E-state index is 0.125. The van der Waals surface area contributed by atoms with Crippen molar-refractivity contribution in [2.75, 3.05) is 6.54 Å². The summed E-state index contributed by atoms with van der Waals surface area (Å²) < 4.78 is 0.546. The van der Waals surface area contributed by atoms with Crippen LogP contribution in [0, 0.1) is 0 Å². The number of aromatic hydroxyl groups is 1. The molecule has 0 fully saturated rings. The van der Waals surface area contributed by atoms with Crippen LogP contribution in [0.2, 0.25) is 5.02 Å². The van der Waals surface area contributed by atoms with E-state index in [1.54, 1.807) is 12.1 Å². The lowest BCUT2D eigenvalue weighted by molar-refractivity contribution is 0.470. The largest absolute Gasteiger partial charge is 0.506 e. The number of phenols is 1. The number of hydrogen-bond acceptors (Lipinski definition) is 2. The Morgan fingerprint density at radius 1 is 1.62 bits per heavy atom. The zero-order valence-electron chi connectivity index (χ0n) is 6.85. The van der Waals surface area contributed by atoms with Crippen LogP contribution in [0.15, 0.2) is 23.2 Å². The fourth-order valence-corrected chi connectivity index (χ4v) is 1.76. The van der Waals surface area contributed by atoms with Crippen LogP contribution in [0.4, 0.5) is 0 Å². The van der Waals surface area contributed by atoms with Gasteiger partial charge in [-0.05, 0) is 33.6 Å². The van der Waals surface area contributed by atoms with Gasteiger partial charge in [-0.3, -0.25) is 0 Å². The molecule has 0 spiro atoms. The highest BCUT2D eigenvalue weighted by Crippen LogP contribution is 2.34. The van der Waals surface area contributed by atoms with E-state index in [2.05, 4.69) is 22.5 Å². The summed E-state index contributed by atoms with van der Waals surface area (Å²) >= 11 is 8.98. The van der Waals surface area contributed by atoms with Crippen molar-refractivity contribution in [1.82, 2.24) is 0 Å². The van der Waals surface area contributed by atoms with Gasteiger partial charge in [0.1, 0.15) is 5.75 Å². The Kier molecular flexibility index (Phi) is 3.36. The van der Waals surface area contributed by atoms with E-state index in [-0.39, 0.29) is 5.75 Å². The molecule has 0 heterocycles. The lowest BCUT2D eigenvalue weighted by Gasteiger charge is -2.07. The molecule has 70 valence electrons. The summed E-state index contributed by atoms with van der Waals surface area (Å²) in [6.07, 6.45) is 0. The summed E-state index contributed by atoms with van der Waals surface area (Å²) in [5.74, 6) is 0.125. The zero-order valence-corrected chi connectivity index (χ0v) is 9.19. The third-order valence-electron chi connectivity index (χ3n) is 1.66. The van der Waals surface area contributed by atoms with E-state index >= 15 is 0 Å². The molecule has 1 rings (SSSR count). The van der Waals surface area contributed by atoms with Crippen molar-refractivity contribution >= 4 is 33.1 Å². The van der Waals surface area contributed by atoms with Gasteiger partial charge in [-0.25, -0.2) is 0 Å². The van der Waals surface area contributed by atoms with Crippen LogP contribution < -0.4 is 5.73 Å². The van der Waals surface area contributed by atoms with Crippen molar-refractivity contribution in [2.45, 2.75) is 0 Å². The van der Waals surface area contributed by atoms with E-state index in [9.17, 15) is 5.11 Å². The van der Waals surface area contributed by atoms with Gasteiger partial charge < -0.3 is 10.8 Å². The molecule has 1 aromatic carbocycles. The molecule has 0 amide bonds. The van der Waals surface area contributed by atoms with Gasteiger partial charge in [0, 0.05) is 17.1 Å². The summed E-state index contributed by atoms with van der Waals surface area (Å²) in [6.45, 7) is 4.01. The van der Waals surface area contributed by atoms with Crippen molar-refractivity contribution in [3.63, 3.8) is 0 Å². The van der Waals surface area contributed by atoms with E-state index in [4.69, 9.17) is 17.3 Å². The molecular weight excluding hydrogens is 253 g/mol. The molecule has 0 aliphatic heterocycles. The number of halogens is 2. The van der Waals surface area contributed by atoms with Gasteiger partial charge in [0.25, 0.3) is 0 Å². The molecule has 0 atom stereocenters. The minimum Gasteiger partial charge on any atom is -0.506 e. The summed E-state index contributed by atoms with van der Waals surface area (Å²) in [5.41, 5.74) is 6.64. The second kappa shape index (κ2) is 4.13. The molecule has 0 aliphatic carbocycles. The monoisotopic (exact) mass is 261 g/mol. The molecule has 0 aliphatic rings. The SMILES string of the molecule is C=C(CN)c1cc(Cl)cc(Br)c1O. The number of hydrogen-bond donors (Lipinski definition) is 2. The third-order valence-corrected chi connectivity index (χ3v) is 2.48. The number of rotatable bonds is 2. The van der Waals surface area contributed by atoms with Gasteiger partial charge in [-0.15, -0.1) is 0 Å². The second-order valence-electron chi connectivity index (χ2n) is 2.59. The molecule has 0 aromatic heterocycles. The van der Waals surface area contributed by atoms with E-state index in [0.29, 0.717) is 27.2 Å². The van der Waals surface area contributed by atoms with Gasteiger partial charge in [-0.2, -0.15) is 0 Å². The van der Waals surface area contributed by atoms with Crippen molar-refractivity contribution < 1.29 is 5.11 Å².